The smallest absolute Gasteiger partial charge is 0.347 e. The number of aromatic nitrogens is 1. The molecule has 1 aliphatic heterocycles. The molecule has 5 rings (SSSR count). The van der Waals surface area contributed by atoms with Gasteiger partial charge >= 0.3 is 5.63 Å². The molecule has 152 valence electrons. The number of amides is 2. The third-order valence-corrected chi connectivity index (χ3v) is 5.49. The number of rotatable bonds is 3. The number of anilines is 1. The molecule has 2 heterocycles. The molecule has 3 aromatic carbocycles. The highest BCUT2D eigenvalue weighted by atomic mass is 16.4. The van der Waals surface area contributed by atoms with E-state index >= 15 is 0 Å². The van der Waals surface area contributed by atoms with E-state index in [4.69, 9.17) is 4.42 Å². The van der Waals surface area contributed by atoms with Gasteiger partial charge in [-0.05, 0) is 53.9 Å². The summed E-state index contributed by atoms with van der Waals surface area (Å²) in [6.45, 7) is 4.16. The summed E-state index contributed by atoms with van der Waals surface area (Å²) in [4.78, 5) is 43.9. The van der Waals surface area contributed by atoms with Crippen LogP contribution in [-0.2, 0) is 0 Å². The van der Waals surface area contributed by atoms with Gasteiger partial charge in [-0.3, -0.25) is 9.59 Å². The highest BCUT2D eigenvalue weighted by Crippen LogP contribution is 2.32. The summed E-state index contributed by atoms with van der Waals surface area (Å²) < 4.78 is 5.37. The van der Waals surface area contributed by atoms with Gasteiger partial charge < -0.3 is 4.42 Å². The zero-order valence-electron chi connectivity index (χ0n) is 17.0. The Labute approximate surface area is 177 Å². The van der Waals surface area contributed by atoms with Gasteiger partial charge in [0.25, 0.3) is 11.8 Å². The number of carbonyl (C=O) groups is 2. The van der Waals surface area contributed by atoms with Crippen LogP contribution in [0, 0.1) is 0 Å². The molecule has 31 heavy (non-hydrogen) atoms. The van der Waals surface area contributed by atoms with Gasteiger partial charge in [-0.25, -0.2) is 14.7 Å². The van der Waals surface area contributed by atoms with E-state index in [0.29, 0.717) is 33.6 Å². The summed E-state index contributed by atoms with van der Waals surface area (Å²) >= 11 is 0. The van der Waals surface area contributed by atoms with E-state index in [-0.39, 0.29) is 17.4 Å². The Hall–Kier alpha value is -4.06. The van der Waals surface area contributed by atoms with Crippen LogP contribution < -0.4 is 10.5 Å². The van der Waals surface area contributed by atoms with Gasteiger partial charge in [-0.15, -0.1) is 0 Å². The highest BCUT2D eigenvalue weighted by molar-refractivity contribution is 6.34. The van der Waals surface area contributed by atoms with Crippen molar-refractivity contribution < 1.29 is 14.0 Å². The zero-order chi connectivity index (χ0) is 21.7. The van der Waals surface area contributed by atoms with Gasteiger partial charge in [0.2, 0.25) is 5.89 Å². The minimum absolute atomic E-state index is 0.103. The summed E-state index contributed by atoms with van der Waals surface area (Å²) in [6, 6.07) is 19.0. The zero-order valence-corrected chi connectivity index (χ0v) is 17.0. The first-order chi connectivity index (χ1) is 14.9. The van der Waals surface area contributed by atoms with Crippen LogP contribution in [0.1, 0.15) is 46.0 Å². The Balaban J connectivity index is 1.55. The lowest BCUT2D eigenvalue weighted by Gasteiger charge is -2.15. The second-order valence-corrected chi connectivity index (χ2v) is 7.78. The summed E-state index contributed by atoms with van der Waals surface area (Å²) in [5.41, 5.74) is 2.67. The van der Waals surface area contributed by atoms with Crippen molar-refractivity contribution in [3.8, 4) is 11.5 Å². The summed E-state index contributed by atoms with van der Waals surface area (Å²) in [5, 5.41) is 0.384. The number of benzene rings is 3. The van der Waals surface area contributed by atoms with Crippen LogP contribution in [0.4, 0.5) is 5.69 Å². The fourth-order valence-electron chi connectivity index (χ4n) is 3.76. The molecule has 4 aromatic rings. The first kappa shape index (κ1) is 18.9. The molecular formula is C25H18N2O4. The standard InChI is InChI=1S/C25H18N2O4/c1-14(2)15-7-10-17(11-8-15)27-23(28)18-12-9-16(13-20(18)24(27)29)22-26-21-6-4-3-5-19(21)25(30)31-22/h3-14H,1-2H3. The Bertz CT molecular complexity index is 1420. The third-order valence-electron chi connectivity index (χ3n) is 5.49. The van der Waals surface area contributed by atoms with Crippen LogP contribution in [0.15, 0.2) is 75.9 Å². The normalized spacial score (nSPS) is 13.3. The molecule has 1 aromatic heterocycles. The molecule has 6 nitrogen and oxygen atoms in total. The maximum atomic E-state index is 13.1. The first-order valence-electron chi connectivity index (χ1n) is 9.97. The Morgan fingerprint density at radius 3 is 2.29 bits per heavy atom. The van der Waals surface area contributed by atoms with Crippen LogP contribution >= 0.6 is 0 Å². The Morgan fingerprint density at radius 1 is 0.839 bits per heavy atom. The van der Waals surface area contributed by atoms with Crippen molar-refractivity contribution in [2.75, 3.05) is 4.90 Å². The molecule has 0 radical (unpaired) electrons. The molecule has 0 aliphatic carbocycles. The summed E-state index contributed by atoms with van der Waals surface area (Å²) in [7, 11) is 0. The van der Waals surface area contributed by atoms with Crippen molar-refractivity contribution >= 4 is 28.4 Å². The number of fused-ring (bicyclic) bond motifs is 2. The lowest BCUT2D eigenvalue weighted by Crippen LogP contribution is -2.29. The van der Waals surface area contributed by atoms with Crippen molar-refractivity contribution in [1.29, 1.82) is 0 Å². The Kier molecular flexibility index (Phi) is 4.29. The number of para-hydroxylation sites is 1. The van der Waals surface area contributed by atoms with Crippen molar-refractivity contribution in [2.45, 2.75) is 19.8 Å². The summed E-state index contributed by atoms with van der Waals surface area (Å²) in [6.07, 6.45) is 0. The molecule has 0 atom stereocenters. The predicted octanol–water partition coefficient (Wildman–Crippen LogP) is 4.78. The van der Waals surface area contributed by atoms with Crippen molar-refractivity contribution in [3.05, 3.63) is 93.8 Å². The SMILES string of the molecule is CC(C)c1ccc(N2C(=O)c3ccc(-c4nc5ccccc5c(=O)o4)cc3C2=O)cc1. The minimum Gasteiger partial charge on any atom is -0.403 e. The van der Waals surface area contributed by atoms with Crippen molar-refractivity contribution in [1.82, 2.24) is 4.98 Å². The topological polar surface area (TPSA) is 80.5 Å². The van der Waals surface area contributed by atoms with Gasteiger partial charge in [0.05, 0.1) is 27.7 Å². The highest BCUT2D eigenvalue weighted by Gasteiger charge is 2.37. The van der Waals surface area contributed by atoms with Gasteiger partial charge in [-0.1, -0.05) is 38.1 Å². The van der Waals surface area contributed by atoms with Crippen molar-refractivity contribution in [2.24, 2.45) is 0 Å². The summed E-state index contributed by atoms with van der Waals surface area (Å²) in [5.74, 6) is -0.339. The second kappa shape index (κ2) is 7.02. The van der Waals surface area contributed by atoms with Crippen LogP contribution in [0.3, 0.4) is 0 Å². The number of nitrogens with zero attached hydrogens (tertiary/aromatic N) is 2. The largest absolute Gasteiger partial charge is 0.403 e. The minimum atomic E-state index is -0.504. The molecule has 0 saturated carbocycles. The maximum Gasteiger partial charge on any atom is 0.347 e. The predicted molar refractivity (Wildman–Crippen MR) is 117 cm³/mol. The quantitative estimate of drug-likeness (QED) is 0.454. The van der Waals surface area contributed by atoms with E-state index < -0.39 is 11.5 Å². The molecular weight excluding hydrogens is 392 g/mol. The van der Waals surface area contributed by atoms with E-state index in [1.807, 2.05) is 12.1 Å². The molecule has 1 aliphatic rings. The van der Waals surface area contributed by atoms with Crippen LogP contribution in [0.25, 0.3) is 22.4 Å². The molecule has 0 bridgehead atoms. The average Bonchev–Trinajstić information content (AvgIpc) is 3.03. The fourth-order valence-corrected chi connectivity index (χ4v) is 3.76. The number of carbonyl (C=O) groups excluding carboxylic acids is 2. The molecule has 2 amide bonds. The van der Waals surface area contributed by atoms with Gasteiger partial charge in [0, 0.05) is 5.56 Å². The molecule has 0 N–H and O–H groups in total. The van der Waals surface area contributed by atoms with Crippen LogP contribution in [0.5, 0.6) is 0 Å². The average molecular weight is 410 g/mol. The van der Waals surface area contributed by atoms with E-state index in [2.05, 4.69) is 18.8 Å². The maximum absolute atomic E-state index is 13.1. The van der Waals surface area contributed by atoms with E-state index in [9.17, 15) is 14.4 Å². The monoisotopic (exact) mass is 410 g/mol. The third kappa shape index (κ3) is 3.04. The lowest BCUT2D eigenvalue weighted by atomic mass is 10.0. The van der Waals surface area contributed by atoms with Gasteiger partial charge in [0.1, 0.15) is 0 Å². The van der Waals surface area contributed by atoms with E-state index in [1.165, 1.54) is 4.90 Å². The number of hydrogen-bond acceptors (Lipinski definition) is 5. The first-order valence-corrected chi connectivity index (χ1v) is 9.97. The van der Waals surface area contributed by atoms with Gasteiger partial charge in [0.15, 0.2) is 0 Å². The van der Waals surface area contributed by atoms with E-state index in [1.54, 1.807) is 54.6 Å². The molecule has 0 saturated heterocycles. The van der Waals surface area contributed by atoms with E-state index in [0.717, 1.165) is 5.56 Å². The number of imide groups is 1. The molecule has 0 spiro atoms. The second-order valence-electron chi connectivity index (χ2n) is 7.78. The van der Waals surface area contributed by atoms with Gasteiger partial charge in [-0.2, -0.15) is 0 Å². The van der Waals surface area contributed by atoms with Crippen molar-refractivity contribution in [3.63, 3.8) is 0 Å². The molecule has 6 heteroatoms. The van der Waals surface area contributed by atoms with Crippen LogP contribution in [0.2, 0.25) is 0 Å². The number of hydrogen-bond donors (Lipinski definition) is 0. The Morgan fingerprint density at radius 2 is 1.55 bits per heavy atom. The fraction of sp³-hybridized carbons (Fsp3) is 0.120. The molecule has 0 fully saturated rings. The molecule has 0 unspecified atom stereocenters. The lowest BCUT2D eigenvalue weighted by molar-refractivity contribution is 0.0926. The van der Waals surface area contributed by atoms with Crippen LogP contribution in [-0.4, -0.2) is 16.8 Å².